The first-order valence-corrected chi connectivity index (χ1v) is 6.29. The number of carbonyl (C=O) groups excluding carboxylic acids is 2. The first-order valence-electron chi connectivity index (χ1n) is 6.29. The Morgan fingerprint density at radius 2 is 1.61 bits per heavy atom. The van der Waals surface area contributed by atoms with Crippen molar-refractivity contribution in [1.29, 1.82) is 0 Å². The van der Waals surface area contributed by atoms with E-state index in [4.69, 9.17) is 5.11 Å². The van der Waals surface area contributed by atoms with Crippen molar-refractivity contribution in [1.82, 2.24) is 10.6 Å². The van der Waals surface area contributed by atoms with Crippen LogP contribution in [0.1, 0.15) is 47.5 Å². The van der Waals surface area contributed by atoms with Crippen molar-refractivity contribution in [3.8, 4) is 0 Å². The lowest BCUT2D eigenvalue weighted by atomic mass is 9.82. The molecule has 5 heteroatoms. The summed E-state index contributed by atoms with van der Waals surface area (Å²) in [5.41, 5.74) is -0.353. The molecule has 0 heterocycles. The molecule has 0 atom stereocenters. The third-order valence-electron chi connectivity index (χ3n) is 2.25. The van der Waals surface area contributed by atoms with E-state index < -0.39 is 17.4 Å². The first-order chi connectivity index (χ1) is 8.07. The fourth-order valence-electron chi connectivity index (χ4n) is 2.10. The summed E-state index contributed by atoms with van der Waals surface area (Å²) in [4.78, 5) is 23.1. The molecule has 0 saturated heterocycles. The second-order valence-corrected chi connectivity index (χ2v) is 6.41. The summed E-state index contributed by atoms with van der Waals surface area (Å²) >= 11 is 0. The van der Waals surface area contributed by atoms with E-state index in [1.54, 1.807) is 0 Å². The van der Waals surface area contributed by atoms with Crippen LogP contribution in [0.5, 0.6) is 0 Å². The van der Waals surface area contributed by atoms with Crippen molar-refractivity contribution in [2.24, 2.45) is 5.41 Å². The quantitative estimate of drug-likeness (QED) is 0.504. The molecule has 5 nitrogen and oxygen atoms in total. The van der Waals surface area contributed by atoms with Gasteiger partial charge in [-0.1, -0.05) is 20.8 Å². The van der Waals surface area contributed by atoms with Crippen LogP contribution in [0.15, 0.2) is 0 Å². The fraction of sp³-hybridized carbons (Fsp3) is 0.846. The van der Waals surface area contributed by atoms with Crippen LogP contribution in [-0.2, 0) is 9.59 Å². The fourth-order valence-corrected chi connectivity index (χ4v) is 2.10. The summed E-state index contributed by atoms with van der Waals surface area (Å²) in [7, 11) is 0. The minimum absolute atomic E-state index is 0.00256. The Morgan fingerprint density at radius 1 is 1.06 bits per heavy atom. The predicted molar refractivity (Wildman–Crippen MR) is 71.0 cm³/mol. The molecule has 0 aliphatic rings. The van der Waals surface area contributed by atoms with Gasteiger partial charge in [0, 0.05) is 18.7 Å². The average molecular weight is 258 g/mol. The highest BCUT2D eigenvalue weighted by Gasteiger charge is 2.28. The number of aliphatic hydroxyl groups is 1. The molecule has 0 bridgehead atoms. The molecule has 0 radical (unpaired) electrons. The van der Waals surface area contributed by atoms with Gasteiger partial charge in [0.25, 0.3) is 0 Å². The number of aliphatic hydroxyl groups excluding tert-OH is 1. The summed E-state index contributed by atoms with van der Waals surface area (Å²) in [5, 5.41) is 13.8. The molecule has 0 unspecified atom stereocenters. The smallest absolute Gasteiger partial charge is 0.309 e. The third-order valence-corrected chi connectivity index (χ3v) is 2.25. The molecule has 0 saturated carbocycles. The van der Waals surface area contributed by atoms with Crippen LogP contribution in [0.3, 0.4) is 0 Å². The average Bonchev–Trinajstić information content (AvgIpc) is 2.12. The molecule has 0 aliphatic heterocycles. The summed E-state index contributed by atoms with van der Waals surface area (Å²) in [6, 6.07) is 0. The molecule has 0 aromatic heterocycles. The van der Waals surface area contributed by atoms with E-state index in [-0.39, 0.29) is 12.0 Å². The molecule has 106 valence electrons. The standard InChI is InChI=1S/C13H26N2O3/c1-12(2,3)9-13(4,5)15-11(18)10(17)14-7-6-8-16/h16H,6-9H2,1-5H3,(H,14,17)(H,15,18). The lowest BCUT2D eigenvalue weighted by Crippen LogP contribution is -2.51. The van der Waals surface area contributed by atoms with E-state index >= 15 is 0 Å². The Bertz CT molecular complexity index is 293. The van der Waals surface area contributed by atoms with Crippen LogP contribution >= 0.6 is 0 Å². The zero-order valence-electron chi connectivity index (χ0n) is 12.1. The number of nitrogens with one attached hydrogen (secondary N) is 2. The maximum atomic E-state index is 11.7. The van der Waals surface area contributed by atoms with E-state index in [1.807, 2.05) is 13.8 Å². The molecule has 0 aliphatic carbocycles. The lowest BCUT2D eigenvalue weighted by Gasteiger charge is -2.33. The molecule has 0 rings (SSSR count). The molecule has 0 aromatic carbocycles. The predicted octanol–water partition coefficient (Wildman–Crippen LogP) is 0.816. The van der Waals surface area contributed by atoms with Gasteiger partial charge in [-0.3, -0.25) is 9.59 Å². The SMILES string of the molecule is CC(C)(C)CC(C)(C)NC(=O)C(=O)NCCCO. The molecule has 2 amide bonds. The van der Waals surface area contributed by atoms with Crippen LogP contribution < -0.4 is 10.6 Å². The monoisotopic (exact) mass is 258 g/mol. The van der Waals surface area contributed by atoms with Crippen molar-refractivity contribution >= 4 is 11.8 Å². The highest BCUT2D eigenvalue weighted by Crippen LogP contribution is 2.26. The number of hydrogen-bond acceptors (Lipinski definition) is 3. The molecular formula is C13H26N2O3. The van der Waals surface area contributed by atoms with Gasteiger partial charge in [-0.15, -0.1) is 0 Å². The Labute approximate surface area is 109 Å². The second kappa shape index (κ2) is 6.73. The number of rotatable bonds is 5. The molecule has 0 fully saturated rings. The summed E-state index contributed by atoms with van der Waals surface area (Å²) in [6.45, 7) is 10.4. The van der Waals surface area contributed by atoms with Crippen molar-refractivity contribution in [2.75, 3.05) is 13.2 Å². The van der Waals surface area contributed by atoms with Crippen molar-refractivity contribution in [2.45, 2.75) is 53.0 Å². The maximum absolute atomic E-state index is 11.7. The van der Waals surface area contributed by atoms with Gasteiger partial charge in [-0.2, -0.15) is 0 Å². The van der Waals surface area contributed by atoms with E-state index in [9.17, 15) is 9.59 Å². The molecule has 0 aromatic rings. The second-order valence-electron chi connectivity index (χ2n) is 6.41. The van der Waals surface area contributed by atoms with Gasteiger partial charge >= 0.3 is 11.8 Å². The van der Waals surface area contributed by atoms with Gasteiger partial charge in [0.05, 0.1) is 0 Å². The number of hydrogen-bond donors (Lipinski definition) is 3. The summed E-state index contributed by atoms with van der Waals surface area (Å²) < 4.78 is 0. The van der Waals surface area contributed by atoms with Gasteiger partial charge in [-0.05, 0) is 32.1 Å². The molecule has 3 N–H and O–H groups in total. The lowest BCUT2D eigenvalue weighted by molar-refractivity contribution is -0.140. The Hall–Kier alpha value is -1.10. The normalized spacial score (nSPS) is 12.1. The topological polar surface area (TPSA) is 78.4 Å². The summed E-state index contributed by atoms with van der Waals surface area (Å²) in [5.74, 6) is -1.27. The number of amides is 2. The van der Waals surface area contributed by atoms with E-state index in [1.165, 1.54) is 0 Å². The molecule has 18 heavy (non-hydrogen) atoms. The van der Waals surface area contributed by atoms with Gasteiger partial charge in [-0.25, -0.2) is 0 Å². The van der Waals surface area contributed by atoms with Crippen LogP contribution in [0.4, 0.5) is 0 Å². The zero-order chi connectivity index (χ0) is 14.4. The van der Waals surface area contributed by atoms with E-state index in [0.717, 1.165) is 6.42 Å². The van der Waals surface area contributed by atoms with Gasteiger partial charge < -0.3 is 15.7 Å². The Balaban J connectivity index is 4.24. The first kappa shape index (κ1) is 16.9. The minimum Gasteiger partial charge on any atom is -0.396 e. The highest BCUT2D eigenvalue weighted by molar-refractivity contribution is 6.35. The number of carbonyl (C=O) groups is 2. The molecular weight excluding hydrogens is 232 g/mol. The minimum atomic E-state index is -0.648. The maximum Gasteiger partial charge on any atom is 0.309 e. The van der Waals surface area contributed by atoms with Crippen molar-refractivity contribution < 1.29 is 14.7 Å². The van der Waals surface area contributed by atoms with Crippen LogP contribution in [0.2, 0.25) is 0 Å². The van der Waals surface area contributed by atoms with Crippen LogP contribution in [0.25, 0.3) is 0 Å². The van der Waals surface area contributed by atoms with Gasteiger partial charge in [0.2, 0.25) is 0 Å². The third kappa shape index (κ3) is 8.06. The van der Waals surface area contributed by atoms with Gasteiger partial charge in [0.15, 0.2) is 0 Å². The Morgan fingerprint density at radius 3 is 2.06 bits per heavy atom. The zero-order valence-corrected chi connectivity index (χ0v) is 12.1. The Kier molecular flexibility index (Phi) is 6.32. The van der Waals surface area contributed by atoms with Crippen molar-refractivity contribution in [3.05, 3.63) is 0 Å². The van der Waals surface area contributed by atoms with Gasteiger partial charge in [0.1, 0.15) is 0 Å². The van der Waals surface area contributed by atoms with E-state index in [0.29, 0.717) is 13.0 Å². The van der Waals surface area contributed by atoms with Crippen LogP contribution in [0, 0.1) is 5.41 Å². The van der Waals surface area contributed by atoms with Crippen molar-refractivity contribution in [3.63, 3.8) is 0 Å². The highest BCUT2D eigenvalue weighted by atomic mass is 16.3. The van der Waals surface area contributed by atoms with E-state index in [2.05, 4.69) is 31.4 Å². The summed E-state index contributed by atoms with van der Waals surface area (Å²) in [6.07, 6.45) is 1.22. The largest absolute Gasteiger partial charge is 0.396 e. The van der Waals surface area contributed by atoms with Crippen LogP contribution in [-0.4, -0.2) is 35.6 Å². The molecule has 0 spiro atoms.